The highest BCUT2D eigenvalue weighted by atomic mass is 32.2. The summed E-state index contributed by atoms with van der Waals surface area (Å²) in [4.78, 5) is 12.9. The molecule has 0 aliphatic carbocycles. The topological polar surface area (TPSA) is 84.9 Å². The van der Waals surface area contributed by atoms with Crippen molar-refractivity contribution in [2.24, 2.45) is 0 Å². The summed E-state index contributed by atoms with van der Waals surface area (Å²) in [5.74, 6) is 0.682. The number of nitrogens with one attached hydrogen (secondary N) is 1. The fourth-order valence-corrected chi connectivity index (χ4v) is 4.42. The Morgan fingerprint density at radius 1 is 1.03 bits per heavy atom. The van der Waals surface area contributed by atoms with E-state index in [0.29, 0.717) is 48.0 Å². The molecule has 0 fully saturated rings. The first-order valence-corrected chi connectivity index (χ1v) is 10.9. The van der Waals surface area contributed by atoms with E-state index in [1.807, 2.05) is 6.92 Å². The molecule has 2 rings (SSSR count). The minimum absolute atomic E-state index is 0.0984. The predicted molar refractivity (Wildman–Crippen MR) is 113 cm³/mol. The van der Waals surface area contributed by atoms with E-state index in [1.165, 1.54) is 23.5 Å². The van der Waals surface area contributed by atoms with E-state index in [0.717, 1.165) is 0 Å². The molecule has 7 nitrogen and oxygen atoms in total. The Morgan fingerprint density at radius 3 is 2.31 bits per heavy atom. The monoisotopic (exact) mass is 420 g/mol. The summed E-state index contributed by atoms with van der Waals surface area (Å²) in [6, 6.07) is 9.67. The van der Waals surface area contributed by atoms with Crippen LogP contribution in [0.5, 0.6) is 11.5 Å². The second kappa shape index (κ2) is 9.76. The lowest BCUT2D eigenvalue weighted by Gasteiger charge is -2.19. The molecule has 1 N–H and O–H groups in total. The lowest BCUT2D eigenvalue weighted by Crippen LogP contribution is -2.30. The van der Waals surface area contributed by atoms with Gasteiger partial charge in [-0.15, -0.1) is 0 Å². The molecular formula is C21H28N2O5S. The Morgan fingerprint density at radius 2 is 1.72 bits per heavy atom. The van der Waals surface area contributed by atoms with Crippen molar-refractivity contribution in [3.63, 3.8) is 0 Å². The number of ether oxygens (including phenoxy) is 2. The van der Waals surface area contributed by atoms with Gasteiger partial charge in [0.05, 0.1) is 18.6 Å². The molecule has 0 aliphatic heterocycles. The molecule has 0 unspecified atom stereocenters. The average Bonchev–Trinajstić information content (AvgIpc) is 2.70. The number of rotatable bonds is 9. The fraction of sp³-hybridized carbons (Fsp3) is 0.381. The molecule has 158 valence electrons. The van der Waals surface area contributed by atoms with Gasteiger partial charge in [-0.3, -0.25) is 4.79 Å². The van der Waals surface area contributed by atoms with E-state index < -0.39 is 15.9 Å². The van der Waals surface area contributed by atoms with Gasteiger partial charge in [0.2, 0.25) is 10.0 Å². The van der Waals surface area contributed by atoms with Crippen molar-refractivity contribution in [3.05, 3.63) is 47.5 Å². The molecule has 0 bridgehead atoms. The zero-order valence-electron chi connectivity index (χ0n) is 17.5. The maximum Gasteiger partial charge on any atom is 0.255 e. The highest BCUT2D eigenvalue weighted by Crippen LogP contribution is 2.30. The molecule has 0 radical (unpaired) electrons. The van der Waals surface area contributed by atoms with Crippen LogP contribution in [0.4, 0.5) is 5.69 Å². The number of aryl methyl sites for hydroxylation is 1. The van der Waals surface area contributed by atoms with Gasteiger partial charge < -0.3 is 14.8 Å². The van der Waals surface area contributed by atoms with Gasteiger partial charge in [-0.1, -0.05) is 19.9 Å². The smallest absolute Gasteiger partial charge is 0.255 e. The summed E-state index contributed by atoms with van der Waals surface area (Å²) >= 11 is 0. The zero-order chi connectivity index (χ0) is 21.6. The number of anilines is 1. The van der Waals surface area contributed by atoms with Crippen molar-refractivity contribution >= 4 is 21.6 Å². The number of carbonyl (C=O) groups excluding carboxylic acids is 1. The molecule has 1 amide bonds. The first kappa shape index (κ1) is 22.7. The SMILES string of the molecule is CCOc1ccc(NC(=O)c2cc(S(=O)(=O)N(CC)CC)ccc2C)cc1OC. The van der Waals surface area contributed by atoms with Gasteiger partial charge in [0.1, 0.15) is 0 Å². The van der Waals surface area contributed by atoms with Gasteiger partial charge in [-0.25, -0.2) is 8.42 Å². The molecule has 2 aromatic carbocycles. The normalized spacial score (nSPS) is 11.4. The quantitative estimate of drug-likeness (QED) is 0.669. The Balaban J connectivity index is 2.34. The van der Waals surface area contributed by atoms with Gasteiger partial charge in [-0.05, 0) is 43.7 Å². The summed E-state index contributed by atoms with van der Waals surface area (Å²) in [5, 5.41) is 2.80. The van der Waals surface area contributed by atoms with E-state index in [1.54, 1.807) is 45.0 Å². The van der Waals surface area contributed by atoms with Crippen molar-refractivity contribution in [1.29, 1.82) is 0 Å². The van der Waals surface area contributed by atoms with Crippen molar-refractivity contribution in [1.82, 2.24) is 4.31 Å². The largest absolute Gasteiger partial charge is 0.493 e. The van der Waals surface area contributed by atoms with E-state index >= 15 is 0 Å². The summed E-state index contributed by atoms with van der Waals surface area (Å²) in [6.07, 6.45) is 0. The van der Waals surface area contributed by atoms with Crippen molar-refractivity contribution in [3.8, 4) is 11.5 Å². The first-order valence-electron chi connectivity index (χ1n) is 9.51. The Kier molecular flexibility index (Phi) is 7.64. The third kappa shape index (κ3) is 5.07. The summed E-state index contributed by atoms with van der Waals surface area (Å²) in [5.41, 5.74) is 1.50. The number of nitrogens with zero attached hydrogens (tertiary/aromatic N) is 1. The first-order chi connectivity index (χ1) is 13.8. The average molecular weight is 421 g/mol. The highest BCUT2D eigenvalue weighted by Gasteiger charge is 2.23. The van der Waals surface area contributed by atoms with Crippen LogP contribution < -0.4 is 14.8 Å². The molecule has 29 heavy (non-hydrogen) atoms. The number of methoxy groups -OCH3 is 1. The molecular weight excluding hydrogens is 392 g/mol. The van der Waals surface area contributed by atoms with Crippen LogP contribution in [0.1, 0.15) is 36.7 Å². The van der Waals surface area contributed by atoms with Crippen molar-refractivity contribution in [2.75, 3.05) is 32.1 Å². The second-order valence-electron chi connectivity index (χ2n) is 6.32. The Bertz CT molecular complexity index is 969. The van der Waals surface area contributed by atoms with Crippen molar-refractivity contribution in [2.45, 2.75) is 32.6 Å². The molecule has 0 saturated carbocycles. The number of hydrogen-bond donors (Lipinski definition) is 1. The highest BCUT2D eigenvalue weighted by molar-refractivity contribution is 7.89. The molecule has 0 aliphatic rings. The van der Waals surface area contributed by atoms with E-state index in [-0.39, 0.29) is 4.90 Å². The van der Waals surface area contributed by atoms with E-state index in [9.17, 15) is 13.2 Å². The van der Waals surface area contributed by atoms with Gasteiger partial charge in [-0.2, -0.15) is 4.31 Å². The van der Waals surface area contributed by atoms with Gasteiger partial charge in [0, 0.05) is 30.4 Å². The van der Waals surface area contributed by atoms with Crippen LogP contribution >= 0.6 is 0 Å². The van der Waals surface area contributed by atoms with E-state index in [4.69, 9.17) is 9.47 Å². The maximum atomic E-state index is 12.8. The lowest BCUT2D eigenvalue weighted by atomic mass is 10.1. The summed E-state index contributed by atoms with van der Waals surface area (Å²) in [7, 11) is -2.13. The third-order valence-corrected chi connectivity index (χ3v) is 6.56. The molecule has 0 aromatic heterocycles. The summed E-state index contributed by atoms with van der Waals surface area (Å²) in [6.45, 7) is 8.42. The number of carbonyl (C=O) groups is 1. The standard InChI is InChI=1S/C21H28N2O5S/c1-6-23(7-2)29(25,26)17-11-9-15(4)18(14-17)21(24)22-16-10-12-19(28-8-3)20(13-16)27-5/h9-14H,6-8H2,1-5H3,(H,22,24). The zero-order valence-corrected chi connectivity index (χ0v) is 18.3. The number of sulfonamides is 1. The minimum atomic E-state index is -3.65. The third-order valence-electron chi connectivity index (χ3n) is 4.52. The number of amides is 1. The molecule has 2 aromatic rings. The van der Waals surface area contributed by atoms with Crippen LogP contribution in [0.2, 0.25) is 0 Å². The van der Waals surface area contributed by atoms with Crippen LogP contribution in [-0.4, -0.2) is 45.4 Å². The van der Waals surface area contributed by atoms with Crippen LogP contribution in [0, 0.1) is 6.92 Å². The maximum absolute atomic E-state index is 12.8. The van der Waals surface area contributed by atoms with Crippen molar-refractivity contribution < 1.29 is 22.7 Å². The number of benzene rings is 2. The number of hydrogen-bond acceptors (Lipinski definition) is 5. The minimum Gasteiger partial charge on any atom is -0.493 e. The Hall–Kier alpha value is -2.58. The van der Waals surface area contributed by atoms with Crippen LogP contribution in [0.15, 0.2) is 41.3 Å². The Labute approximate surface area is 172 Å². The molecule has 0 heterocycles. The predicted octanol–water partition coefficient (Wildman–Crippen LogP) is 3.69. The van der Waals surface area contributed by atoms with E-state index in [2.05, 4.69) is 5.32 Å². The molecule has 0 atom stereocenters. The van der Waals surface area contributed by atoms with Crippen LogP contribution in [0.25, 0.3) is 0 Å². The second-order valence-corrected chi connectivity index (χ2v) is 8.26. The van der Waals surface area contributed by atoms with Crippen LogP contribution in [0.3, 0.4) is 0 Å². The van der Waals surface area contributed by atoms with Crippen LogP contribution in [-0.2, 0) is 10.0 Å². The molecule has 0 spiro atoms. The molecule has 0 saturated heterocycles. The summed E-state index contributed by atoms with van der Waals surface area (Å²) < 4.78 is 37.7. The molecule has 8 heteroatoms. The van der Waals surface area contributed by atoms with Gasteiger partial charge in [0.15, 0.2) is 11.5 Å². The van der Waals surface area contributed by atoms with Gasteiger partial charge >= 0.3 is 0 Å². The fourth-order valence-electron chi connectivity index (χ4n) is 2.94. The lowest BCUT2D eigenvalue weighted by molar-refractivity contribution is 0.102. The van der Waals surface area contributed by atoms with Gasteiger partial charge in [0.25, 0.3) is 5.91 Å².